The number of furan rings is 1. The van der Waals surface area contributed by atoms with E-state index < -0.39 is 0 Å². The van der Waals surface area contributed by atoms with Crippen molar-refractivity contribution >= 4 is 65.3 Å². The minimum atomic E-state index is 0.571. The molecule has 8 aromatic carbocycles. The van der Waals surface area contributed by atoms with Crippen LogP contribution in [-0.2, 0) is 0 Å². The van der Waals surface area contributed by atoms with Gasteiger partial charge in [0.05, 0.1) is 22.7 Å². The van der Waals surface area contributed by atoms with Crippen LogP contribution in [0.25, 0.3) is 105 Å². The van der Waals surface area contributed by atoms with Crippen LogP contribution in [0, 0.1) is 11.3 Å². The zero-order valence-electron chi connectivity index (χ0n) is 28.7. The van der Waals surface area contributed by atoms with Gasteiger partial charge in [-0.25, -0.2) is 15.0 Å². The molecular weight excluding hydrogens is 663 g/mol. The largest absolute Gasteiger partial charge is 0.456 e. The molecule has 0 atom stereocenters. The van der Waals surface area contributed by atoms with Gasteiger partial charge in [-0.15, -0.1) is 0 Å². The molecule has 0 bridgehead atoms. The first-order valence-electron chi connectivity index (χ1n) is 17.8. The first-order valence-corrected chi connectivity index (χ1v) is 17.8. The summed E-state index contributed by atoms with van der Waals surface area (Å²) >= 11 is 0. The van der Waals surface area contributed by atoms with Gasteiger partial charge in [0.2, 0.25) is 0 Å². The van der Waals surface area contributed by atoms with Gasteiger partial charge < -0.3 is 8.98 Å². The maximum Gasteiger partial charge on any atom is 0.164 e. The molecule has 0 aliphatic rings. The third kappa shape index (κ3) is 4.62. The molecule has 0 spiro atoms. The second-order valence-electron chi connectivity index (χ2n) is 13.5. The fraction of sp³-hybridized carbons (Fsp3) is 0. The first-order chi connectivity index (χ1) is 26.7. The van der Waals surface area contributed by atoms with Crippen LogP contribution >= 0.6 is 0 Å². The highest BCUT2D eigenvalue weighted by atomic mass is 16.3. The average molecular weight is 690 g/mol. The molecule has 0 saturated heterocycles. The molecule has 250 valence electrons. The summed E-state index contributed by atoms with van der Waals surface area (Å²) in [5, 5.41) is 18.4. The van der Waals surface area contributed by atoms with Gasteiger partial charge >= 0.3 is 0 Å². The normalized spacial score (nSPS) is 11.7. The van der Waals surface area contributed by atoms with Crippen LogP contribution in [0.3, 0.4) is 0 Å². The van der Waals surface area contributed by atoms with E-state index in [0.717, 1.165) is 87.7 Å². The summed E-state index contributed by atoms with van der Waals surface area (Å²) in [6.45, 7) is 0. The van der Waals surface area contributed by atoms with E-state index in [1.807, 2.05) is 66.7 Å². The predicted octanol–water partition coefficient (Wildman–Crippen LogP) is 12.0. The summed E-state index contributed by atoms with van der Waals surface area (Å²) < 4.78 is 8.42. The Balaban J connectivity index is 1.16. The Hall–Kier alpha value is -7.62. The third-order valence-corrected chi connectivity index (χ3v) is 10.5. The molecule has 3 heterocycles. The second kappa shape index (κ2) is 11.7. The Morgan fingerprint density at radius 2 is 1.02 bits per heavy atom. The number of hydrogen-bond donors (Lipinski definition) is 0. The highest BCUT2D eigenvalue weighted by Crippen LogP contribution is 2.38. The van der Waals surface area contributed by atoms with Gasteiger partial charge in [-0.1, -0.05) is 103 Å². The van der Waals surface area contributed by atoms with Crippen LogP contribution in [0.4, 0.5) is 0 Å². The number of fused-ring (bicyclic) bond motifs is 8. The van der Waals surface area contributed by atoms with E-state index in [0.29, 0.717) is 23.0 Å². The number of rotatable bonds is 4. The van der Waals surface area contributed by atoms with Crippen molar-refractivity contribution in [2.45, 2.75) is 0 Å². The summed E-state index contributed by atoms with van der Waals surface area (Å²) in [6.07, 6.45) is 0. The zero-order valence-corrected chi connectivity index (χ0v) is 28.7. The fourth-order valence-electron chi connectivity index (χ4n) is 7.95. The SMILES string of the molecule is N#Cc1ccc2c(c1)c1cc(-c3nc(-c4cccc5ccccc45)nc(-c4cccc5ccccc45)n3)ccc1n2-c1ccc2oc3ccccc3c2c1. The molecule has 6 nitrogen and oxygen atoms in total. The average Bonchev–Trinajstić information content (AvgIpc) is 3.77. The van der Waals surface area contributed by atoms with Gasteiger partial charge in [-0.2, -0.15) is 5.26 Å². The molecule has 11 aromatic rings. The van der Waals surface area contributed by atoms with Gasteiger partial charge in [-0.05, 0) is 82.2 Å². The van der Waals surface area contributed by atoms with Gasteiger partial charge in [0.1, 0.15) is 11.2 Å². The molecule has 0 amide bonds. The van der Waals surface area contributed by atoms with E-state index in [1.165, 1.54) is 0 Å². The number of hydrogen-bond acceptors (Lipinski definition) is 5. The highest BCUT2D eigenvalue weighted by Gasteiger charge is 2.19. The van der Waals surface area contributed by atoms with Gasteiger partial charge in [0.25, 0.3) is 0 Å². The lowest BCUT2D eigenvalue weighted by Gasteiger charge is -2.12. The Bertz CT molecular complexity index is 3260. The molecule has 6 heteroatoms. The van der Waals surface area contributed by atoms with Gasteiger partial charge in [0, 0.05) is 43.9 Å². The molecule has 54 heavy (non-hydrogen) atoms. The lowest BCUT2D eigenvalue weighted by Crippen LogP contribution is -2.01. The summed E-state index contributed by atoms with van der Waals surface area (Å²) in [7, 11) is 0. The monoisotopic (exact) mass is 689 g/mol. The maximum atomic E-state index is 9.95. The van der Waals surface area contributed by atoms with Crippen molar-refractivity contribution in [2.75, 3.05) is 0 Å². The minimum absolute atomic E-state index is 0.571. The van der Waals surface area contributed by atoms with Crippen LogP contribution < -0.4 is 0 Å². The number of benzene rings is 8. The summed E-state index contributed by atoms with van der Waals surface area (Å²) in [4.78, 5) is 15.5. The van der Waals surface area contributed by atoms with Gasteiger partial charge in [0.15, 0.2) is 17.5 Å². The van der Waals surface area contributed by atoms with Crippen molar-refractivity contribution in [3.8, 4) is 45.9 Å². The second-order valence-corrected chi connectivity index (χ2v) is 13.5. The van der Waals surface area contributed by atoms with Crippen LogP contribution in [0.5, 0.6) is 0 Å². The van der Waals surface area contributed by atoms with E-state index in [-0.39, 0.29) is 0 Å². The van der Waals surface area contributed by atoms with Crippen LogP contribution in [-0.4, -0.2) is 19.5 Å². The predicted molar refractivity (Wildman–Crippen MR) is 217 cm³/mol. The van der Waals surface area contributed by atoms with E-state index >= 15 is 0 Å². The summed E-state index contributed by atoms with van der Waals surface area (Å²) in [6, 6.07) is 58.1. The molecular formula is C48H27N5O. The summed E-state index contributed by atoms with van der Waals surface area (Å²) in [5.74, 6) is 1.78. The number of nitrogens with zero attached hydrogens (tertiary/aromatic N) is 5. The van der Waals surface area contributed by atoms with Crippen molar-refractivity contribution < 1.29 is 4.42 Å². The Morgan fingerprint density at radius 3 is 1.72 bits per heavy atom. The third-order valence-electron chi connectivity index (χ3n) is 10.5. The number of aromatic nitrogens is 4. The standard InChI is InChI=1S/C48H27N5O/c49-28-29-19-22-42-39(25-29)40-26-32(20-23-43(40)53(42)33-21-24-45-41(27-33)36-15-5-6-18-44(36)54-45)46-50-47(37-16-7-11-30-9-1-3-13-34(30)37)52-48(51-46)38-17-8-12-31-10-2-4-14-35(31)38/h1-27H. The molecule has 0 N–H and O–H groups in total. The molecule has 0 aliphatic heterocycles. The van der Waals surface area contributed by atoms with Crippen LogP contribution in [0.15, 0.2) is 168 Å². The van der Waals surface area contributed by atoms with E-state index in [1.54, 1.807) is 0 Å². The molecule has 11 rings (SSSR count). The Labute approximate surface area is 308 Å². The Morgan fingerprint density at radius 1 is 0.444 bits per heavy atom. The van der Waals surface area contributed by atoms with Crippen LogP contribution in [0.2, 0.25) is 0 Å². The molecule has 0 fully saturated rings. The van der Waals surface area contributed by atoms with Crippen LogP contribution in [0.1, 0.15) is 5.56 Å². The van der Waals surface area contributed by atoms with E-state index in [2.05, 4.69) is 108 Å². The lowest BCUT2D eigenvalue weighted by molar-refractivity contribution is 0.669. The zero-order chi connectivity index (χ0) is 35.8. The minimum Gasteiger partial charge on any atom is -0.456 e. The smallest absolute Gasteiger partial charge is 0.164 e. The molecule has 0 unspecified atom stereocenters. The first kappa shape index (κ1) is 30.0. The summed E-state index contributed by atoms with van der Waals surface area (Å²) in [5.41, 5.74) is 8.04. The molecule has 0 saturated carbocycles. The molecule has 0 radical (unpaired) electrons. The lowest BCUT2D eigenvalue weighted by atomic mass is 10.0. The van der Waals surface area contributed by atoms with Crippen molar-refractivity contribution in [3.63, 3.8) is 0 Å². The fourth-order valence-corrected chi connectivity index (χ4v) is 7.95. The quantitative estimate of drug-likeness (QED) is 0.184. The number of para-hydroxylation sites is 1. The molecule has 0 aliphatic carbocycles. The molecule has 3 aromatic heterocycles. The van der Waals surface area contributed by atoms with Crippen molar-refractivity contribution in [1.29, 1.82) is 5.26 Å². The van der Waals surface area contributed by atoms with E-state index in [9.17, 15) is 5.26 Å². The van der Waals surface area contributed by atoms with E-state index in [4.69, 9.17) is 19.4 Å². The van der Waals surface area contributed by atoms with Crippen molar-refractivity contribution in [3.05, 3.63) is 169 Å². The highest BCUT2D eigenvalue weighted by molar-refractivity contribution is 6.12. The maximum absolute atomic E-state index is 9.95. The topological polar surface area (TPSA) is 80.5 Å². The van der Waals surface area contributed by atoms with Crippen molar-refractivity contribution in [2.24, 2.45) is 0 Å². The number of nitriles is 1. The van der Waals surface area contributed by atoms with Crippen molar-refractivity contribution in [1.82, 2.24) is 19.5 Å². The van der Waals surface area contributed by atoms with Gasteiger partial charge in [-0.3, -0.25) is 0 Å². The Kier molecular flexibility index (Phi) is 6.51.